The number of benzene rings is 9. The Balaban J connectivity index is 0.765. The monoisotopic (exact) mass is 1010 g/mol. The van der Waals surface area contributed by atoms with Gasteiger partial charge in [-0.1, -0.05) is 183 Å². The highest BCUT2D eigenvalue weighted by atomic mass is 15.2. The molecule has 4 nitrogen and oxygen atoms in total. The Kier molecular flexibility index (Phi) is 14.3. The van der Waals surface area contributed by atoms with Crippen LogP contribution < -0.4 is 19.6 Å². The molecule has 0 radical (unpaired) electrons. The van der Waals surface area contributed by atoms with Gasteiger partial charge < -0.3 is 19.6 Å². The van der Waals surface area contributed by atoms with Crippen molar-refractivity contribution >= 4 is 67.9 Å². The molecule has 4 heteroatoms. The summed E-state index contributed by atoms with van der Waals surface area (Å²) in [6.45, 7) is 4.55. The third-order valence-corrected chi connectivity index (χ3v) is 15.2. The Morgan fingerprint density at radius 1 is 0.423 bits per heavy atom. The van der Waals surface area contributed by atoms with E-state index in [0.29, 0.717) is 5.92 Å². The van der Waals surface area contributed by atoms with Gasteiger partial charge in [0.2, 0.25) is 0 Å². The zero-order valence-corrected chi connectivity index (χ0v) is 44.3. The molecule has 378 valence electrons. The molecule has 2 unspecified atom stereocenters. The lowest BCUT2D eigenvalue weighted by atomic mass is 9.87. The second-order valence-electron chi connectivity index (χ2n) is 20.3. The highest BCUT2D eigenvalue weighted by molar-refractivity contribution is 5.83. The molecule has 9 aromatic rings. The van der Waals surface area contributed by atoms with Crippen LogP contribution in [0, 0.1) is 12.8 Å². The highest BCUT2D eigenvalue weighted by Crippen LogP contribution is 2.43. The van der Waals surface area contributed by atoms with Crippen LogP contribution in [0.5, 0.6) is 0 Å². The third kappa shape index (κ3) is 10.5. The Hall–Kier alpha value is -9.60. The Morgan fingerprint density at radius 3 is 1.38 bits per heavy atom. The summed E-state index contributed by atoms with van der Waals surface area (Å²) in [7, 11) is 0. The van der Waals surface area contributed by atoms with Crippen molar-refractivity contribution in [1.82, 2.24) is 0 Å². The maximum Gasteiger partial charge on any atom is 0.0560 e. The van der Waals surface area contributed by atoms with E-state index < -0.39 is 0 Å². The first-order chi connectivity index (χ1) is 38.5. The van der Waals surface area contributed by atoms with Crippen molar-refractivity contribution < 1.29 is 0 Å². The second kappa shape index (κ2) is 22.7. The molecule has 2 atom stereocenters. The van der Waals surface area contributed by atoms with Crippen molar-refractivity contribution in [3.63, 3.8) is 0 Å². The first-order valence-electron chi connectivity index (χ1n) is 27.3. The molecule has 12 rings (SSSR count). The number of allylic oxidation sites excluding steroid dienone is 8. The third-order valence-electron chi connectivity index (χ3n) is 15.2. The molecule has 0 N–H and O–H groups in total. The van der Waals surface area contributed by atoms with Gasteiger partial charge in [0.25, 0.3) is 0 Å². The van der Waals surface area contributed by atoms with Crippen LogP contribution in [0.4, 0.5) is 51.2 Å². The Morgan fingerprint density at radius 2 is 0.885 bits per heavy atom. The summed E-state index contributed by atoms with van der Waals surface area (Å²) in [5, 5.41) is 0. The molecule has 3 aliphatic rings. The van der Waals surface area contributed by atoms with Crippen molar-refractivity contribution in [2.24, 2.45) is 5.92 Å². The number of anilines is 9. The van der Waals surface area contributed by atoms with Crippen molar-refractivity contribution in [2.75, 3.05) is 19.6 Å². The largest absolute Gasteiger partial charge is 0.334 e. The molecular weight excluding hydrogens is 945 g/mol. The van der Waals surface area contributed by atoms with E-state index in [-0.39, 0.29) is 6.04 Å². The van der Waals surface area contributed by atoms with Crippen molar-refractivity contribution in [3.8, 4) is 0 Å². The van der Waals surface area contributed by atoms with Gasteiger partial charge in [-0.05, 0) is 162 Å². The van der Waals surface area contributed by atoms with E-state index in [9.17, 15) is 0 Å². The molecule has 0 aromatic heterocycles. The summed E-state index contributed by atoms with van der Waals surface area (Å²) in [5.41, 5.74) is 25.1. The minimum absolute atomic E-state index is 0.214. The van der Waals surface area contributed by atoms with Gasteiger partial charge in [0.15, 0.2) is 0 Å². The Labute approximate surface area is 460 Å². The lowest BCUT2D eigenvalue weighted by Crippen LogP contribution is -2.30. The summed E-state index contributed by atoms with van der Waals surface area (Å²) in [5.74, 6) is 0.316. The lowest BCUT2D eigenvalue weighted by molar-refractivity contribution is 0.680. The van der Waals surface area contributed by atoms with Gasteiger partial charge in [-0.3, -0.25) is 0 Å². The molecular formula is C74H62N4. The molecule has 0 bridgehead atoms. The fraction of sp³-hybridized carbons (Fsp3) is 0.0946. The molecule has 3 aliphatic carbocycles. The number of hydrogen-bond donors (Lipinski definition) is 0. The summed E-state index contributed by atoms with van der Waals surface area (Å²) < 4.78 is 0. The summed E-state index contributed by atoms with van der Waals surface area (Å²) in [6.07, 6.45) is 18.8. The van der Waals surface area contributed by atoms with Crippen LogP contribution in [-0.4, -0.2) is 6.04 Å². The van der Waals surface area contributed by atoms with Crippen LogP contribution in [0.25, 0.3) is 16.7 Å². The molecule has 0 amide bonds. The summed E-state index contributed by atoms with van der Waals surface area (Å²) in [6, 6.07) is 89.4. The SMILES string of the molecule is Cc1ccccc1N(C1=CC=C(c2ccc(N(C3=CCC(c4ccc(N(c5ccccc5)c5ccc(C6=CCC(N(c7ccccc7)c7ccccc7)C=C6)cc5)cc4)=C=C3)c3ccccc3)cc2)CC1C)c1ccccc1. The van der Waals surface area contributed by atoms with Gasteiger partial charge in [0.1, 0.15) is 0 Å². The predicted octanol–water partition coefficient (Wildman–Crippen LogP) is 19.8. The van der Waals surface area contributed by atoms with Crippen LogP contribution in [0.1, 0.15) is 48.4 Å². The van der Waals surface area contributed by atoms with E-state index in [1.165, 1.54) is 56.3 Å². The van der Waals surface area contributed by atoms with E-state index in [1.54, 1.807) is 0 Å². The van der Waals surface area contributed by atoms with Crippen molar-refractivity contribution in [2.45, 2.75) is 39.2 Å². The lowest BCUT2D eigenvalue weighted by Gasteiger charge is -2.34. The van der Waals surface area contributed by atoms with Gasteiger partial charge >= 0.3 is 0 Å². The fourth-order valence-corrected chi connectivity index (χ4v) is 11.2. The van der Waals surface area contributed by atoms with Gasteiger partial charge in [-0.25, -0.2) is 0 Å². The van der Waals surface area contributed by atoms with Gasteiger partial charge in [-0.15, -0.1) is 5.73 Å². The molecule has 78 heavy (non-hydrogen) atoms. The molecule has 9 aromatic carbocycles. The molecule has 0 heterocycles. The zero-order valence-electron chi connectivity index (χ0n) is 44.3. The van der Waals surface area contributed by atoms with Crippen LogP contribution in [0.15, 0.2) is 308 Å². The maximum absolute atomic E-state index is 3.72. The highest BCUT2D eigenvalue weighted by Gasteiger charge is 2.26. The van der Waals surface area contributed by atoms with E-state index >= 15 is 0 Å². The van der Waals surface area contributed by atoms with Gasteiger partial charge in [0.05, 0.1) is 11.7 Å². The molecule has 0 fully saturated rings. The van der Waals surface area contributed by atoms with E-state index in [2.05, 4.69) is 330 Å². The summed E-state index contributed by atoms with van der Waals surface area (Å²) >= 11 is 0. The maximum atomic E-state index is 3.72. The van der Waals surface area contributed by atoms with Crippen molar-refractivity contribution in [1.29, 1.82) is 0 Å². The molecule has 0 saturated heterocycles. The number of aryl methyl sites for hydroxylation is 1. The predicted molar refractivity (Wildman–Crippen MR) is 330 cm³/mol. The normalized spacial score (nSPS) is 15.7. The zero-order chi connectivity index (χ0) is 52.6. The van der Waals surface area contributed by atoms with Gasteiger partial charge in [-0.2, -0.15) is 0 Å². The number of hydrogen-bond acceptors (Lipinski definition) is 4. The fourth-order valence-electron chi connectivity index (χ4n) is 11.2. The molecule has 0 spiro atoms. The molecule has 0 saturated carbocycles. The van der Waals surface area contributed by atoms with Gasteiger partial charge in [0, 0.05) is 80.9 Å². The number of nitrogens with zero attached hydrogens (tertiary/aromatic N) is 4. The van der Waals surface area contributed by atoms with E-state index in [4.69, 9.17) is 0 Å². The average molecular weight is 1010 g/mol. The smallest absolute Gasteiger partial charge is 0.0560 e. The van der Waals surface area contributed by atoms with E-state index in [0.717, 1.165) is 64.5 Å². The van der Waals surface area contributed by atoms with E-state index in [1.807, 2.05) is 0 Å². The number of para-hydroxylation sites is 6. The minimum Gasteiger partial charge on any atom is -0.334 e. The topological polar surface area (TPSA) is 13.0 Å². The van der Waals surface area contributed by atoms with Crippen LogP contribution in [0.2, 0.25) is 0 Å². The Bertz CT molecular complexity index is 3700. The van der Waals surface area contributed by atoms with Crippen LogP contribution in [0.3, 0.4) is 0 Å². The summed E-state index contributed by atoms with van der Waals surface area (Å²) in [4.78, 5) is 9.55. The van der Waals surface area contributed by atoms with Crippen LogP contribution in [-0.2, 0) is 0 Å². The first-order valence-corrected chi connectivity index (χ1v) is 27.3. The molecule has 0 aliphatic heterocycles. The standard InChI is InChI=1S/C74H62N4/c1-55-20-18-19-31-73(55)78(67-29-16-7-17-30-67)74-53-42-62(54-56(74)2)61-40-51-72(52-41-61)77(66-27-14-6-15-28-66)71-49-38-60(39-50-71)59-36-47-70(48-37-59)76(65-25-12-5-13-26-65)69-45-34-58(35-46-69)57-32-43-68(44-33-57)75(63-21-8-3-9-22-63)64-23-10-4-11-24-64/h3-37,40-43,45-53,56,68H,38,44,54H2,1-2H3. The van der Waals surface area contributed by atoms with Crippen LogP contribution >= 0.6 is 0 Å². The first kappa shape index (κ1) is 49.3. The minimum atomic E-state index is 0.214. The quantitative estimate of drug-likeness (QED) is 0.0949. The average Bonchev–Trinajstić information content (AvgIpc) is 3.56. The number of rotatable bonds is 15. The van der Waals surface area contributed by atoms with Crippen molar-refractivity contribution in [3.05, 3.63) is 331 Å². The second-order valence-corrected chi connectivity index (χ2v) is 20.3.